The van der Waals surface area contributed by atoms with Crippen LogP contribution < -0.4 is 4.90 Å². The molecule has 150 valence electrons. The molecule has 0 bridgehead atoms. The second kappa shape index (κ2) is 6.77. The minimum atomic E-state index is 0. The highest BCUT2D eigenvalue weighted by atomic mass is 35.5. The molecule has 1 aromatic carbocycles. The first-order chi connectivity index (χ1) is 12.6. The van der Waals surface area contributed by atoms with Crippen molar-refractivity contribution in [3.63, 3.8) is 0 Å². The fraction of sp³-hybridized carbons (Fsp3) is 0.478. The quantitative estimate of drug-likeness (QED) is 0.541. The molecule has 0 fully saturated rings. The van der Waals surface area contributed by atoms with Crippen LogP contribution in [0.1, 0.15) is 54.4 Å². The fourth-order valence-corrected chi connectivity index (χ4v) is 4.70. The zero-order valence-corrected chi connectivity index (χ0v) is 19.1. The molecule has 0 saturated carbocycles. The van der Waals surface area contributed by atoms with E-state index in [0.717, 1.165) is 30.0 Å². The van der Waals surface area contributed by atoms with Crippen LogP contribution in [0.4, 0.5) is 5.82 Å². The Bertz CT molecular complexity index is 1050. The summed E-state index contributed by atoms with van der Waals surface area (Å²) in [5.41, 5.74) is 10.9. The summed E-state index contributed by atoms with van der Waals surface area (Å²) in [7, 11) is 0. The SMILES string of the molecule is Cc1cc(C)c(-c2c(C)nn3c4c(c(C)nc23)CCN4C(C)(C)C)c(C)c1.Cl. The standard InChI is InChI=1S/C23H30N4.ClH/c1-13-11-14(2)19(15(3)12-13)20-17(5)25-27-21(20)24-16(4)18-9-10-26(22(18)27)23(6,7)8;/h11-12H,9-10H2,1-8H3;1H. The third kappa shape index (κ3) is 2.98. The van der Waals surface area contributed by atoms with Gasteiger partial charge >= 0.3 is 0 Å². The Morgan fingerprint density at radius 2 is 1.50 bits per heavy atom. The van der Waals surface area contributed by atoms with E-state index < -0.39 is 0 Å². The largest absolute Gasteiger partial charge is 0.351 e. The van der Waals surface area contributed by atoms with Gasteiger partial charge in [0.15, 0.2) is 5.65 Å². The molecule has 28 heavy (non-hydrogen) atoms. The van der Waals surface area contributed by atoms with E-state index in [1.165, 1.54) is 39.2 Å². The topological polar surface area (TPSA) is 33.4 Å². The number of anilines is 1. The maximum absolute atomic E-state index is 5.04. The summed E-state index contributed by atoms with van der Waals surface area (Å²) in [6, 6.07) is 4.51. The smallest absolute Gasteiger partial charge is 0.165 e. The van der Waals surface area contributed by atoms with Crippen LogP contribution in [0, 0.1) is 34.6 Å². The number of hydrogen-bond donors (Lipinski definition) is 0. The Morgan fingerprint density at radius 1 is 0.893 bits per heavy atom. The van der Waals surface area contributed by atoms with Crippen molar-refractivity contribution in [1.29, 1.82) is 0 Å². The van der Waals surface area contributed by atoms with Crippen molar-refractivity contribution in [2.45, 2.75) is 67.3 Å². The molecule has 4 rings (SSSR count). The predicted molar refractivity (Wildman–Crippen MR) is 120 cm³/mol. The molecule has 0 spiro atoms. The van der Waals surface area contributed by atoms with E-state index in [4.69, 9.17) is 10.1 Å². The molecule has 0 aliphatic carbocycles. The van der Waals surface area contributed by atoms with Crippen molar-refractivity contribution >= 4 is 23.9 Å². The van der Waals surface area contributed by atoms with Gasteiger partial charge in [-0.25, -0.2) is 4.98 Å². The number of hydrogen-bond acceptors (Lipinski definition) is 3. The molecule has 0 unspecified atom stereocenters. The second-order valence-corrected chi connectivity index (χ2v) is 9.04. The van der Waals surface area contributed by atoms with Crippen molar-refractivity contribution < 1.29 is 0 Å². The van der Waals surface area contributed by atoms with Gasteiger partial charge < -0.3 is 4.90 Å². The molecular formula is C23H31ClN4. The van der Waals surface area contributed by atoms with E-state index in [0.29, 0.717) is 0 Å². The van der Waals surface area contributed by atoms with Crippen molar-refractivity contribution in [3.8, 4) is 11.1 Å². The second-order valence-electron chi connectivity index (χ2n) is 9.04. The summed E-state index contributed by atoms with van der Waals surface area (Å²) >= 11 is 0. The Morgan fingerprint density at radius 3 is 2.07 bits per heavy atom. The van der Waals surface area contributed by atoms with Gasteiger partial charge in [0.2, 0.25) is 0 Å². The van der Waals surface area contributed by atoms with Crippen LogP contribution in [0.25, 0.3) is 16.8 Å². The van der Waals surface area contributed by atoms with Gasteiger partial charge in [0.1, 0.15) is 5.82 Å². The molecular weight excluding hydrogens is 368 g/mol. The van der Waals surface area contributed by atoms with Gasteiger partial charge in [-0.15, -0.1) is 12.4 Å². The number of fused-ring (bicyclic) bond motifs is 3. The molecule has 1 aliphatic rings. The first-order valence-corrected chi connectivity index (χ1v) is 9.84. The van der Waals surface area contributed by atoms with Gasteiger partial charge in [0.05, 0.1) is 11.3 Å². The van der Waals surface area contributed by atoms with E-state index in [9.17, 15) is 0 Å². The maximum atomic E-state index is 5.04. The van der Waals surface area contributed by atoms with Crippen molar-refractivity contribution in [3.05, 3.63) is 45.8 Å². The fourth-order valence-electron chi connectivity index (χ4n) is 4.70. The Kier molecular flexibility index (Phi) is 4.99. The first kappa shape index (κ1) is 20.7. The monoisotopic (exact) mass is 398 g/mol. The lowest BCUT2D eigenvalue weighted by atomic mass is 9.94. The molecule has 1 aliphatic heterocycles. The van der Waals surface area contributed by atoms with Crippen LogP contribution in [-0.4, -0.2) is 26.7 Å². The lowest BCUT2D eigenvalue weighted by Gasteiger charge is -2.34. The van der Waals surface area contributed by atoms with Crippen LogP contribution in [-0.2, 0) is 6.42 Å². The van der Waals surface area contributed by atoms with Crippen LogP contribution in [0.2, 0.25) is 0 Å². The summed E-state index contributed by atoms with van der Waals surface area (Å²) in [6.45, 7) is 18.6. The number of nitrogens with zero attached hydrogens (tertiary/aromatic N) is 4. The first-order valence-electron chi connectivity index (χ1n) is 9.84. The average Bonchev–Trinajstić information content (AvgIpc) is 3.10. The molecule has 0 saturated heterocycles. The highest BCUT2D eigenvalue weighted by Gasteiger charge is 2.34. The number of rotatable bonds is 1. The van der Waals surface area contributed by atoms with E-state index in [-0.39, 0.29) is 17.9 Å². The minimum Gasteiger partial charge on any atom is -0.351 e. The van der Waals surface area contributed by atoms with E-state index in [2.05, 4.69) is 76.9 Å². The highest BCUT2D eigenvalue weighted by molar-refractivity contribution is 5.86. The number of aryl methyl sites for hydroxylation is 5. The van der Waals surface area contributed by atoms with Gasteiger partial charge in [0.25, 0.3) is 0 Å². The summed E-state index contributed by atoms with van der Waals surface area (Å²) in [6.07, 6.45) is 1.04. The van der Waals surface area contributed by atoms with Crippen molar-refractivity contribution in [2.24, 2.45) is 0 Å². The van der Waals surface area contributed by atoms with Gasteiger partial charge in [-0.3, -0.25) is 0 Å². The summed E-state index contributed by atoms with van der Waals surface area (Å²) < 4.78 is 2.10. The third-order valence-corrected chi connectivity index (χ3v) is 5.79. The van der Waals surface area contributed by atoms with Gasteiger partial charge in [0, 0.05) is 23.3 Å². The van der Waals surface area contributed by atoms with Crippen LogP contribution >= 0.6 is 12.4 Å². The zero-order valence-electron chi connectivity index (χ0n) is 18.3. The summed E-state index contributed by atoms with van der Waals surface area (Å²) in [4.78, 5) is 7.52. The van der Waals surface area contributed by atoms with E-state index in [1.54, 1.807) is 0 Å². The third-order valence-electron chi connectivity index (χ3n) is 5.79. The number of benzene rings is 1. The highest BCUT2D eigenvalue weighted by Crippen LogP contribution is 2.39. The molecule has 0 radical (unpaired) electrons. The molecule has 3 aromatic rings. The normalized spacial score (nSPS) is 13.8. The number of aromatic nitrogens is 3. The Hall–Kier alpha value is -2.07. The van der Waals surface area contributed by atoms with Crippen molar-refractivity contribution in [2.75, 3.05) is 11.4 Å². The van der Waals surface area contributed by atoms with Gasteiger partial charge in [-0.05, 0) is 78.5 Å². The van der Waals surface area contributed by atoms with Gasteiger partial charge in [-0.1, -0.05) is 17.7 Å². The van der Waals surface area contributed by atoms with E-state index in [1.807, 2.05) is 0 Å². The van der Waals surface area contributed by atoms with Gasteiger partial charge in [-0.2, -0.15) is 9.61 Å². The zero-order chi connectivity index (χ0) is 19.7. The number of halogens is 1. The lowest BCUT2D eigenvalue weighted by Crippen LogP contribution is -2.41. The molecule has 0 amide bonds. The van der Waals surface area contributed by atoms with Crippen LogP contribution in [0.15, 0.2) is 12.1 Å². The maximum Gasteiger partial charge on any atom is 0.165 e. The van der Waals surface area contributed by atoms with Crippen LogP contribution in [0.3, 0.4) is 0 Å². The Balaban J connectivity index is 0.00000225. The minimum absolute atomic E-state index is 0. The molecule has 2 aromatic heterocycles. The molecule has 3 heterocycles. The van der Waals surface area contributed by atoms with Crippen molar-refractivity contribution in [1.82, 2.24) is 14.6 Å². The summed E-state index contributed by atoms with van der Waals surface area (Å²) in [5.74, 6) is 1.22. The molecule has 4 nitrogen and oxygen atoms in total. The molecule has 0 atom stereocenters. The Labute approximate surface area is 174 Å². The van der Waals surface area contributed by atoms with E-state index >= 15 is 0 Å². The average molecular weight is 399 g/mol. The predicted octanol–water partition coefficient (Wildman–Crippen LogP) is 5.52. The van der Waals surface area contributed by atoms with Crippen LogP contribution in [0.5, 0.6) is 0 Å². The molecule has 0 N–H and O–H groups in total. The summed E-state index contributed by atoms with van der Waals surface area (Å²) in [5, 5.41) is 4.98. The molecule has 5 heteroatoms. The lowest BCUT2D eigenvalue weighted by molar-refractivity contribution is 0.510.